The number of pyridine rings is 2. The van der Waals surface area contributed by atoms with E-state index in [-0.39, 0.29) is 11.2 Å². The van der Waals surface area contributed by atoms with Crippen LogP contribution in [-0.2, 0) is 6.18 Å². The van der Waals surface area contributed by atoms with Gasteiger partial charge in [0.15, 0.2) is 0 Å². The lowest BCUT2D eigenvalue weighted by atomic mass is 9.96. The fraction of sp³-hybridized carbons (Fsp3) is 0.500. The molecule has 0 saturated carbocycles. The van der Waals surface area contributed by atoms with Crippen LogP contribution in [0.25, 0.3) is 0 Å². The highest BCUT2D eigenvalue weighted by Gasteiger charge is 2.33. The van der Waals surface area contributed by atoms with Crippen molar-refractivity contribution in [2.75, 3.05) is 32.1 Å². The Bertz CT molecular complexity index is 834. The number of likely N-dealkylation sites (tertiary alicyclic amines) is 1. The molecule has 3 rings (SSSR count). The van der Waals surface area contributed by atoms with E-state index in [1.807, 2.05) is 18.2 Å². The third kappa shape index (κ3) is 5.73. The van der Waals surface area contributed by atoms with Gasteiger partial charge in [0.25, 0.3) is 0 Å². The molecule has 2 atom stereocenters. The lowest BCUT2D eigenvalue weighted by molar-refractivity contribution is -0.141. The SMILES string of the molecule is COc1cccc(C(C)N2CCCC(CNc3cc(Cl)nc(C(F)(F)F)c3)C2)n1. The van der Waals surface area contributed by atoms with Gasteiger partial charge in [-0.05, 0) is 50.4 Å². The van der Waals surface area contributed by atoms with Gasteiger partial charge >= 0.3 is 6.18 Å². The lowest BCUT2D eigenvalue weighted by Crippen LogP contribution is -2.39. The molecule has 1 fully saturated rings. The Morgan fingerprint density at radius 1 is 1.31 bits per heavy atom. The molecule has 158 valence electrons. The molecule has 2 aromatic heterocycles. The predicted molar refractivity (Wildman–Crippen MR) is 106 cm³/mol. The molecule has 2 unspecified atom stereocenters. The van der Waals surface area contributed by atoms with E-state index in [1.165, 1.54) is 6.07 Å². The Labute approximate surface area is 173 Å². The van der Waals surface area contributed by atoms with E-state index in [0.29, 0.717) is 24.0 Å². The lowest BCUT2D eigenvalue weighted by Gasteiger charge is -2.36. The van der Waals surface area contributed by atoms with Crippen LogP contribution in [0, 0.1) is 5.92 Å². The molecule has 0 bridgehead atoms. The Morgan fingerprint density at radius 2 is 2.10 bits per heavy atom. The summed E-state index contributed by atoms with van der Waals surface area (Å²) >= 11 is 5.76. The molecule has 0 spiro atoms. The van der Waals surface area contributed by atoms with Crippen molar-refractivity contribution in [3.05, 3.63) is 46.9 Å². The number of ether oxygens (including phenoxy) is 1. The summed E-state index contributed by atoms with van der Waals surface area (Å²) in [5, 5.41) is 2.92. The number of hydrogen-bond acceptors (Lipinski definition) is 5. The van der Waals surface area contributed by atoms with Crippen LogP contribution >= 0.6 is 11.6 Å². The van der Waals surface area contributed by atoms with Crippen LogP contribution in [0.4, 0.5) is 18.9 Å². The molecule has 1 aliphatic rings. The molecular weight excluding hydrogens is 405 g/mol. The molecule has 0 aromatic carbocycles. The predicted octanol–water partition coefficient (Wildman–Crippen LogP) is 5.04. The van der Waals surface area contributed by atoms with Crippen molar-refractivity contribution in [3.63, 3.8) is 0 Å². The zero-order valence-electron chi connectivity index (χ0n) is 16.3. The molecular formula is C20H24ClF3N4O. The quantitative estimate of drug-likeness (QED) is 0.653. The van der Waals surface area contributed by atoms with Gasteiger partial charge in [-0.25, -0.2) is 9.97 Å². The van der Waals surface area contributed by atoms with Crippen LogP contribution in [0.2, 0.25) is 5.15 Å². The van der Waals surface area contributed by atoms with Crippen molar-refractivity contribution in [1.29, 1.82) is 0 Å². The minimum Gasteiger partial charge on any atom is -0.481 e. The second kappa shape index (κ2) is 9.17. The number of nitrogens with one attached hydrogen (secondary N) is 1. The summed E-state index contributed by atoms with van der Waals surface area (Å²) in [6, 6.07) is 8.25. The molecule has 0 aliphatic carbocycles. The van der Waals surface area contributed by atoms with Crippen LogP contribution in [0.5, 0.6) is 5.88 Å². The molecule has 2 aromatic rings. The second-order valence-corrected chi connectivity index (χ2v) is 7.61. The number of halogens is 4. The molecule has 29 heavy (non-hydrogen) atoms. The van der Waals surface area contributed by atoms with Gasteiger partial charge in [0.1, 0.15) is 10.8 Å². The largest absolute Gasteiger partial charge is 0.481 e. The Hall–Kier alpha value is -2.06. The van der Waals surface area contributed by atoms with E-state index < -0.39 is 11.9 Å². The first-order chi connectivity index (χ1) is 13.8. The van der Waals surface area contributed by atoms with Gasteiger partial charge in [0, 0.05) is 30.9 Å². The average molecular weight is 429 g/mol. The highest BCUT2D eigenvalue weighted by Crippen LogP contribution is 2.31. The molecule has 1 aliphatic heterocycles. The van der Waals surface area contributed by atoms with Gasteiger partial charge < -0.3 is 10.1 Å². The number of aromatic nitrogens is 2. The van der Waals surface area contributed by atoms with Gasteiger partial charge in [-0.3, -0.25) is 4.90 Å². The van der Waals surface area contributed by atoms with Crippen LogP contribution in [-0.4, -0.2) is 41.6 Å². The zero-order valence-corrected chi connectivity index (χ0v) is 17.1. The second-order valence-electron chi connectivity index (χ2n) is 7.23. The van der Waals surface area contributed by atoms with Crippen LogP contribution in [0.3, 0.4) is 0 Å². The number of rotatable bonds is 6. The first-order valence-electron chi connectivity index (χ1n) is 9.50. The van der Waals surface area contributed by atoms with Gasteiger partial charge in [0.2, 0.25) is 5.88 Å². The summed E-state index contributed by atoms with van der Waals surface area (Å²) < 4.78 is 44.0. The maximum atomic E-state index is 12.9. The number of nitrogens with zero attached hydrogens (tertiary/aromatic N) is 3. The topological polar surface area (TPSA) is 50.3 Å². The Balaban J connectivity index is 1.62. The van der Waals surface area contributed by atoms with Gasteiger partial charge in [0.05, 0.1) is 12.8 Å². The fourth-order valence-corrected chi connectivity index (χ4v) is 3.79. The maximum absolute atomic E-state index is 12.9. The molecule has 5 nitrogen and oxygen atoms in total. The van der Waals surface area contributed by atoms with E-state index in [0.717, 1.165) is 37.7 Å². The molecule has 0 radical (unpaired) electrons. The summed E-state index contributed by atoms with van der Waals surface area (Å²) in [5.41, 5.74) is 0.279. The third-order valence-corrected chi connectivity index (χ3v) is 5.35. The molecule has 1 saturated heterocycles. The smallest absolute Gasteiger partial charge is 0.433 e. The van der Waals surface area contributed by atoms with Gasteiger partial charge in [-0.15, -0.1) is 0 Å². The molecule has 9 heteroatoms. The van der Waals surface area contributed by atoms with Crippen LogP contribution < -0.4 is 10.1 Å². The van der Waals surface area contributed by atoms with Crippen molar-refractivity contribution in [3.8, 4) is 5.88 Å². The summed E-state index contributed by atoms with van der Waals surface area (Å²) in [6.07, 6.45) is -2.50. The third-order valence-electron chi connectivity index (χ3n) is 5.16. The van der Waals surface area contributed by atoms with Gasteiger partial charge in [-0.2, -0.15) is 13.2 Å². The van der Waals surface area contributed by atoms with Crippen molar-refractivity contribution in [1.82, 2.24) is 14.9 Å². The number of hydrogen-bond donors (Lipinski definition) is 1. The number of methoxy groups -OCH3 is 1. The van der Waals surface area contributed by atoms with Crippen molar-refractivity contribution in [2.45, 2.75) is 32.0 Å². The summed E-state index contributed by atoms with van der Waals surface area (Å²) in [4.78, 5) is 10.2. The highest BCUT2D eigenvalue weighted by atomic mass is 35.5. The Morgan fingerprint density at radius 3 is 2.83 bits per heavy atom. The number of anilines is 1. The normalized spacial score (nSPS) is 19.0. The minimum atomic E-state index is -4.53. The number of alkyl halides is 3. The van der Waals surface area contributed by atoms with E-state index in [9.17, 15) is 13.2 Å². The first kappa shape index (κ1) is 21.6. The minimum absolute atomic E-state index is 0.125. The molecule has 1 N–H and O–H groups in total. The standard InChI is InChI=1S/C20H24ClF3N4O/c1-13(16-6-3-7-19(26-16)29-2)28-8-4-5-14(12-28)11-25-15-9-17(20(22,23)24)27-18(21)10-15/h3,6-7,9-10,13-14H,4-5,8,11-12H2,1-2H3,(H,25,27). The van der Waals surface area contributed by atoms with Crippen molar-refractivity contribution >= 4 is 17.3 Å². The first-order valence-corrected chi connectivity index (χ1v) is 9.87. The monoisotopic (exact) mass is 428 g/mol. The van der Waals surface area contributed by atoms with E-state index in [1.54, 1.807) is 7.11 Å². The maximum Gasteiger partial charge on any atom is 0.433 e. The van der Waals surface area contributed by atoms with Gasteiger partial charge in [-0.1, -0.05) is 17.7 Å². The summed E-state index contributed by atoms with van der Waals surface area (Å²) in [5.74, 6) is 0.887. The average Bonchev–Trinajstić information content (AvgIpc) is 2.71. The Kier molecular flexibility index (Phi) is 6.85. The van der Waals surface area contributed by atoms with E-state index in [2.05, 4.69) is 27.1 Å². The zero-order chi connectivity index (χ0) is 21.0. The summed E-state index contributed by atoms with van der Waals surface area (Å²) in [6.45, 7) is 4.45. The van der Waals surface area contributed by atoms with Crippen LogP contribution in [0.1, 0.15) is 37.2 Å². The highest BCUT2D eigenvalue weighted by molar-refractivity contribution is 6.29. The van der Waals surface area contributed by atoms with Crippen molar-refractivity contribution in [2.24, 2.45) is 5.92 Å². The molecule has 3 heterocycles. The van der Waals surface area contributed by atoms with Crippen molar-refractivity contribution < 1.29 is 17.9 Å². The number of piperidine rings is 1. The molecule has 0 amide bonds. The summed E-state index contributed by atoms with van der Waals surface area (Å²) in [7, 11) is 1.59. The van der Waals surface area contributed by atoms with E-state index in [4.69, 9.17) is 16.3 Å². The van der Waals surface area contributed by atoms with Crippen LogP contribution in [0.15, 0.2) is 30.3 Å². The fourth-order valence-electron chi connectivity index (χ4n) is 3.59. The van der Waals surface area contributed by atoms with E-state index >= 15 is 0 Å².